The monoisotopic (exact) mass is 421 g/mol. The number of rotatable bonds is 8. The molecule has 0 fully saturated rings. The van der Waals surface area contributed by atoms with Crippen molar-refractivity contribution < 1.29 is 18.7 Å². The van der Waals surface area contributed by atoms with Crippen molar-refractivity contribution in [2.75, 3.05) is 26.7 Å². The first-order chi connectivity index (χ1) is 15.2. The number of fused-ring (bicyclic) bond motifs is 1. The molecule has 7 nitrogen and oxygen atoms in total. The van der Waals surface area contributed by atoms with E-state index in [1.807, 2.05) is 0 Å². The highest BCUT2D eigenvalue weighted by atomic mass is 16.5. The second-order valence-electron chi connectivity index (χ2n) is 7.66. The Kier molecular flexibility index (Phi) is 6.52. The summed E-state index contributed by atoms with van der Waals surface area (Å²) < 4.78 is 11.9. The van der Waals surface area contributed by atoms with Crippen LogP contribution < -0.4 is 5.32 Å². The summed E-state index contributed by atoms with van der Waals surface area (Å²) in [7, 11) is 1.32. The lowest BCUT2D eigenvalue weighted by atomic mass is 10.00. The van der Waals surface area contributed by atoms with E-state index in [0.29, 0.717) is 23.7 Å². The van der Waals surface area contributed by atoms with E-state index in [2.05, 4.69) is 34.5 Å². The molecule has 0 radical (unpaired) electrons. The molecule has 1 aliphatic rings. The third kappa shape index (κ3) is 4.88. The summed E-state index contributed by atoms with van der Waals surface area (Å²) in [4.78, 5) is 27.1. The van der Waals surface area contributed by atoms with E-state index < -0.39 is 5.97 Å². The van der Waals surface area contributed by atoms with Gasteiger partial charge in [-0.25, -0.2) is 4.79 Å². The Morgan fingerprint density at radius 3 is 2.71 bits per heavy atom. The number of hydrogen-bond acceptors (Lipinski definition) is 5. The van der Waals surface area contributed by atoms with Gasteiger partial charge in [0.15, 0.2) is 0 Å². The van der Waals surface area contributed by atoms with Crippen LogP contribution in [-0.2, 0) is 29.0 Å². The predicted molar refractivity (Wildman–Crippen MR) is 117 cm³/mol. The summed E-state index contributed by atoms with van der Waals surface area (Å²) in [5, 5.41) is 2.97. The Bertz CT molecular complexity index is 1040. The van der Waals surface area contributed by atoms with E-state index in [4.69, 9.17) is 9.15 Å². The Morgan fingerprint density at radius 2 is 1.94 bits per heavy atom. The van der Waals surface area contributed by atoms with Crippen molar-refractivity contribution in [1.29, 1.82) is 0 Å². The Hall–Kier alpha value is -3.32. The summed E-state index contributed by atoms with van der Waals surface area (Å²) in [6.07, 6.45) is 3.50. The Morgan fingerprint density at radius 1 is 1.10 bits per heavy atom. The van der Waals surface area contributed by atoms with Crippen LogP contribution in [0.3, 0.4) is 0 Å². The molecule has 4 rings (SSSR count). The quantitative estimate of drug-likeness (QED) is 0.447. The van der Waals surface area contributed by atoms with Gasteiger partial charge in [0, 0.05) is 26.2 Å². The Labute approximate surface area is 181 Å². The van der Waals surface area contributed by atoms with Crippen molar-refractivity contribution in [3.05, 3.63) is 71.6 Å². The molecule has 0 spiro atoms. The van der Waals surface area contributed by atoms with Gasteiger partial charge in [-0.15, -0.1) is 0 Å². The first-order valence-corrected chi connectivity index (χ1v) is 10.5. The van der Waals surface area contributed by atoms with Gasteiger partial charge in [-0.2, -0.15) is 0 Å². The van der Waals surface area contributed by atoms with E-state index in [0.717, 1.165) is 32.5 Å². The van der Waals surface area contributed by atoms with Gasteiger partial charge in [-0.3, -0.25) is 9.69 Å². The molecule has 162 valence electrons. The number of nitrogens with one attached hydrogen (secondary N) is 1. The van der Waals surface area contributed by atoms with E-state index in [9.17, 15) is 9.59 Å². The van der Waals surface area contributed by atoms with Crippen molar-refractivity contribution in [1.82, 2.24) is 14.8 Å². The van der Waals surface area contributed by atoms with Gasteiger partial charge in [-0.05, 0) is 48.2 Å². The molecule has 0 aliphatic carbocycles. The number of methoxy groups -OCH3 is 1. The number of hydrogen-bond donors (Lipinski definition) is 1. The largest absolute Gasteiger partial charge is 0.464 e. The summed E-state index contributed by atoms with van der Waals surface area (Å²) in [6.45, 7) is 3.54. The minimum atomic E-state index is -0.490. The molecule has 1 aromatic carbocycles. The molecule has 0 bridgehead atoms. The van der Waals surface area contributed by atoms with E-state index in [1.54, 1.807) is 35.1 Å². The van der Waals surface area contributed by atoms with Crippen LogP contribution in [0.1, 0.15) is 28.0 Å². The summed E-state index contributed by atoms with van der Waals surface area (Å²) >= 11 is 0. The molecule has 1 aliphatic heterocycles. The highest BCUT2D eigenvalue weighted by Crippen LogP contribution is 2.24. The fraction of sp³-hybridized carbons (Fsp3) is 0.333. The number of aromatic nitrogens is 1. The zero-order valence-corrected chi connectivity index (χ0v) is 17.7. The van der Waals surface area contributed by atoms with Gasteiger partial charge in [0.1, 0.15) is 18.0 Å². The maximum Gasteiger partial charge on any atom is 0.354 e. The van der Waals surface area contributed by atoms with E-state index >= 15 is 0 Å². The number of esters is 1. The Balaban J connectivity index is 1.30. The molecule has 3 heterocycles. The third-order valence-electron chi connectivity index (χ3n) is 5.63. The lowest BCUT2D eigenvalue weighted by molar-refractivity contribution is -0.121. The number of benzene rings is 1. The molecular formula is C24H27N3O4. The fourth-order valence-electron chi connectivity index (χ4n) is 4.04. The number of amides is 1. The van der Waals surface area contributed by atoms with Crippen molar-refractivity contribution in [2.24, 2.45) is 0 Å². The predicted octanol–water partition coefficient (Wildman–Crippen LogP) is 3.10. The maximum atomic E-state index is 12.6. The standard InChI is InChI=1S/C24H27N3O4/c1-30-24(29)21-10-9-20(22-8-4-15-31-22)27(21)17-23(28)25-12-5-13-26-14-11-18-6-2-3-7-19(18)16-26/h2-4,6-10,15H,5,11-14,16-17H2,1H3,(H,25,28). The minimum absolute atomic E-state index is 0.0184. The van der Waals surface area contributed by atoms with Crippen molar-refractivity contribution in [3.63, 3.8) is 0 Å². The second-order valence-corrected chi connectivity index (χ2v) is 7.66. The molecule has 1 amide bonds. The van der Waals surface area contributed by atoms with Crippen molar-refractivity contribution >= 4 is 11.9 Å². The summed E-state index contributed by atoms with van der Waals surface area (Å²) in [5.41, 5.74) is 3.81. The third-order valence-corrected chi connectivity index (χ3v) is 5.63. The smallest absolute Gasteiger partial charge is 0.354 e. The van der Waals surface area contributed by atoms with Gasteiger partial charge >= 0.3 is 5.97 Å². The molecule has 2 aromatic heterocycles. The molecule has 0 atom stereocenters. The minimum Gasteiger partial charge on any atom is -0.464 e. The van der Waals surface area contributed by atoms with E-state index in [1.165, 1.54) is 18.2 Å². The normalized spacial score (nSPS) is 13.6. The van der Waals surface area contributed by atoms with Crippen LogP contribution in [0.25, 0.3) is 11.5 Å². The highest BCUT2D eigenvalue weighted by molar-refractivity contribution is 5.90. The van der Waals surface area contributed by atoms with Crippen LogP contribution in [-0.4, -0.2) is 48.1 Å². The zero-order valence-electron chi connectivity index (χ0n) is 17.7. The van der Waals surface area contributed by atoms with Crippen LogP contribution in [0.15, 0.2) is 59.2 Å². The maximum absolute atomic E-state index is 12.6. The molecule has 3 aromatic rings. The highest BCUT2D eigenvalue weighted by Gasteiger charge is 2.20. The lowest BCUT2D eigenvalue weighted by Crippen LogP contribution is -2.34. The van der Waals surface area contributed by atoms with Crippen LogP contribution in [0.2, 0.25) is 0 Å². The average Bonchev–Trinajstić information content (AvgIpc) is 3.46. The average molecular weight is 421 g/mol. The van der Waals surface area contributed by atoms with Crippen molar-refractivity contribution in [3.8, 4) is 11.5 Å². The zero-order chi connectivity index (χ0) is 21.6. The molecule has 0 saturated carbocycles. The molecule has 0 unspecified atom stereocenters. The number of ether oxygens (including phenoxy) is 1. The van der Waals surface area contributed by atoms with Gasteiger partial charge in [-0.1, -0.05) is 24.3 Å². The second kappa shape index (κ2) is 9.66. The van der Waals surface area contributed by atoms with Gasteiger partial charge in [0.2, 0.25) is 5.91 Å². The van der Waals surface area contributed by atoms with Gasteiger partial charge in [0.05, 0.1) is 19.1 Å². The van der Waals surface area contributed by atoms with Crippen LogP contribution in [0.4, 0.5) is 0 Å². The first kappa shape index (κ1) is 20.9. The van der Waals surface area contributed by atoms with Crippen molar-refractivity contribution in [2.45, 2.75) is 25.9 Å². The van der Waals surface area contributed by atoms with Crippen LogP contribution >= 0.6 is 0 Å². The number of carbonyl (C=O) groups excluding carboxylic acids is 2. The fourth-order valence-corrected chi connectivity index (χ4v) is 4.04. The molecule has 0 saturated heterocycles. The summed E-state index contributed by atoms with van der Waals surface area (Å²) in [5.74, 6) is -0.0533. The van der Waals surface area contributed by atoms with Gasteiger partial charge < -0.3 is 19.0 Å². The molecular weight excluding hydrogens is 394 g/mol. The van der Waals surface area contributed by atoms with Crippen LogP contribution in [0, 0.1) is 0 Å². The lowest BCUT2D eigenvalue weighted by Gasteiger charge is -2.28. The molecule has 1 N–H and O–H groups in total. The van der Waals surface area contributed by atoms with Gasteiger partial charge in [0.25, 0.3) is 0 Å². The number of carbonyl (C=O) groups is 2. The topological polar surface area (TPSA) is 76.7 Å². The first-order valence-electron chi connectivity index (χ1n) is 10.5. The molecule has 31 heavy (non-hydrogen) atoms. The number of nitrogens with zero attached hydrogens (tertiary/aromatic N) is 2. The SMILES string of the molecule is COC(=O)c1ccc(-c2ccco2)n1CC(=O)NCCCN1CCc2ccccc2C1. The number of furan rings is 1. The molecule has 7 heteroatoms. The summed E-state index contributed by atoms with van der Waals surface area (Å²) in [6, 6.07) is 15.5. The van der Waals surface area contributed by atoms with Crippen LogP contribution in [0.5, 0.6) is 0 Å². The van der Waals surface area contributed by atoms with E-state index in [-0.39, 0.29) is 12.5 Å².